The van der Waals surface area contributed by atoms with E-state index in [4.69, 9.17) is 0 Å². The SMILES string of the molecule is C=Cc1ccc(NC)c(CC)c1.CC.CN(C)CCN(C)C. The number of aryl methyl sites for hydroxylation is 1. The number of hydrogen-bond donors (Lipinski definition) is 1. The summed E-state index contributed by atoms with van der Waals surface area (Å²) in [5.41, 5.74) is 3.74. The maximum atomic E-state index is 3.74. The summed E-state index contributed by atoms with van der Waals surface area (Å²) in [6.07, 6.45) is 2.93. The van der Waals surface area contributed by atoms with Crippen LogP contribution in [0, 0.1) is 0 Å². The largest absolute Gasteiger partial charge is 0.388 e. The zero-order chi connectivity index (χ0) is 17.5. The quantitative estimate of drug-likeness (QED) is 0.854. The Morgan fingerprint density at radius 2 is 1.55 bits per heavy atom. The zero-order valence-corrected chi connectivity index (χ0v) is 16.0. The molecule has 0 bridgehead atoms. The van der Waals surface area contributed by atoms with E-state index in [9.17, 15) is 0 Å². The summed E-state index contributed by atoms with van der Waals surface area (Å²) in [5, 5.41) is 3.16. The molecule has 3 heteroatoms. The Balaban J connectivity index is 0. The number of hydrogen-bond acceptors (Lipinski definition) is 3. The van der Waals surface area contributed by atoms with Gasteiger partial charge in [-0.25, -0.2) is 0 Å². The summed E-state index contributed by atoms with van der Waals surface area (Å²) >= 11 is 0. The lowest BCUT2D eigenvalue weighted by molar-refractivity contribution is 0.320. The van der Waals surface area contributed by atoms with Crippen molar-refractivity contribution in [3.63, 3.8) is 0 Å². The van der Waals surface area contributed by atoms with Crippen LogP contribution < -0.4 is 5.32 Å². The number of rotatable bonds is 6. The molecule has 0 spiro atoms. The monoisotopic (exact) mass is 307 g/mol. The fraction of sp³-hybridized carbons (Fsp3) is 0.579. The van der Waals surface area contributed by atoms with Gasteiger partial charge in [0.25, 0.3) is 0 Å². The summed E-state index contributed by atoms with van der Waals surface area (Å²) in [4.78, 5) is 4.36. The molecule has 0 aliphatic heterocycles. The van der Waals surface area contributed by atoms with Gasteiger partial charge in [0.15, 0.2) is 0 Å². The Labute approximate surface area is 139 Å². The van der Waals surface area contributed by atoms with Gasteiger partial charge < -0.3 is 15.1 Å². The van der Waals surface area contributed by atoms with Crippen molar-refractivity contribution in [1.82, 2.24) is 9.80 Å². The van der Waals surface area contributed by atoms with Crippen molar-refractivity contribution < 1.29 is 0 Å². The topological polar surface area (TPSA) is 18.5 Å². The maximum absolute atomic E-state index is 3.74. The first-order valence-electron chi connectivity index (χ1n) is 8.17. The van der Waals surface area contributed by atoms with Crippen molar-refractivity contribution >= 4 is 11.8 Å². The van der Waals surface area contributed by atoms with Gasteiger partial charge in [-0.3, -0.25) is 0 Å². The fourth-order valence-corrected chi connectivity index (χ4v) is 1.68. The highest BCUT2D eigenvalue weighted by molar-refractivity contribution is 5.58. The maximum Gasteiger partial charge on any atom is 0.0370 e. The minimum Gasteiger partial charge on any atom is -0.388 e. The van der Waals surface area contributed by atoms with Gasteiger partial charge in [0.1, 0.15) is 0 Å². The first kappa shape index (κ1) is 23.0. The lowest BCUT2D eigenvalue weighted by Gasteiger charge is -2.13. The molecule has 0 aliphatic rings. The van der Waals surface area contributed by atoms with Gasteiger partial charge in [-0.2, -0.15) is 0 Å². The van der Waals surface area contributed by atoms with Crippen LogP contribution in [0.1, 0.15) is 31.9 Å². The number of anilines is 1. The second kappa shape index (κ2) is 14.6. The van der Waals surface area contributed by atoms with E-state index in [-0.39, 0.29) is 0 Å². The number of benzene rings is 1. The van der Waals surface area contributed by atoms with Gasteiger partial charge in [0, 0.05) is 25.8 Å². The van der Waals surface area contributed by atoms with Gasteiger partial charge in [-0.05, 0) is 57.9 Å². The molecular formula is C19H37N3. The minimum atomic E-state index is 1.05. The molecule has 0 aliphatic carbocycles. The number of nitrogens with zero attached hydrogens (tertiary/aromatic N) is 2. The summed E-state index contributed by atoms with van der Waals surface area (Å²) < 4.78 is 0. The molecule has 0 atom stereocenters. The highest BCUT2D eigenvalue weighted by Crippen LogP contribution is 2.17. The van der Waals surface area contributed by atoms with Crippen molar-refractivity contribution in [2.24, 2.45) is 0 Å². The molecule has 0 fully saturated rings. The van der Waals surface area contributed by atoms with Crippen LogP contribution in [0.25, 0.3) is 6.08 Å². The van der Waals surface area contributed by atoms with Gasteiger partial charge in [-0.1, -0.05) is 39.5 Å². The van der Waals surface area contributed by atoms with E-state index < -0.39 is 0 Å². The van der Waals surface area contributed by atoms with Gasteiger partial charge in [-0.15, -0.1) is 0 Å². The van der Waals surface area contributed by atoms with E-state index in [0.29, 0.717) is 0 Å². The van der Waals surface area contributed by atoms with Crippen molar-refractivity contribution in [2.75, 3.05) is 53.6 Å². The van der Waals surface area contributed by atoms with E-state index in [1.54, 1.807) is 0 Å². The summed E-state index contributed by atoms with van der Waals surface area (Å²) in [6.45, 7) is 12.2. The molecule has 1 N–H and O–H groups in total. The standard InChI is InChI=1S/C11H15N.C6H16N2.C2H6/c1-4-9-6-7-11(12-3)10(5-2)8-9;1-7(2)5-6-8(3)4;1-2/h4,6-8,12H,1,5H2,2-3H3;5-6H2,1-4H3;1-2H3. The van der Waals surface area contributed by atoms with Crippen molar-refractivity contribution in [3.05, 3.63) is 35.9 Å². The van der Waals surface area contributed by atoms with Crippen LogP contribution in [0.3, 0.4) is 0 Å². The van der Waals surface area contributed by atoms with Crippen LogP contribution >= 0.6 is 0 Å². The highest BCUT2D eigenvalue weighted by Gasteiger charge is 1.97. The molecule has 3 nitrogen and oxygen atoms in total. The Hall–Kier alpha value is -1.32. The van der Waals surface area contributed by atoms with Crippen LogP contribution in [-0.2, 0) is 6.42 Å². The van der Waals surface area contributed by atoms with Crippen LogP contribution in [0.5, 0.6) is 0 Å². The number of nitrogens with one attached hydrogen (secondary N) is 1. The predicted octanol–water partition coefficient (Wildman–Crippen LogP) is 4.07. The second-order valence-electron chi connectivity index (χ2n) is 5.33. The van der Waals surface area contributed by atoms with Crippen LogP contribution in [0.4, 0.5) is 5.69 Å². The molecule has 0 saturated carbocycles. The third-order valence-electron chi connectivity index (χ3n) is 3.01. The molecule has 0 aromatic heterocycles. The van der Waals surface area contributed by atoms with Crippen LogP contribution in [0.15, 0.2) is 24.8 Å². The Morgan fingerprint density at radius 1 is 1.05 bits per heavy atom. The Morgan fingerprint density at radius 3 is 1.86 bits per heavy atom. The summed E-state index contributed by atoms with van der Waals surface area (Å²) in [7, 11) is 10.3. The summed E-state index contributed by atoms with van der Waals surface area (Å²) in [5.74, 6) is 0. The minimum absolute atomic E-state index is 1.05. The van der Waals surface area contributed by atoms with E-state index in [1.807, 2.05) is 27.0 Å². The van der Waals surface area contributed by atoms with Crippen molar-refractivity contribution in [1.29, 1.82) is 0 Å². The smallest absolute Gasteiger partial charge is 0.0370 e. The molecule has 1 aromatic rings. The van der Waals surface area contributed by atoms with E-state index in [1.165, 1.54) is 16.8 Å². The third kappa shape index (κ3) is 11.4. The fourth-order valence-electron chi connectivity index (χ4n) is 1.68. The molecule has 0 unspecified atom stereocenters. The van der Waals surface area contributed by atoms with Crippen LogP contribution in [0.2, 0.25) is 0 Å². The van der Waals surface area contributed by atoms with E-state index in [0.717, 1.165) is 19.5 Å². The molecule has 0 heterocycles. The lowest BCUT2D eigenvalue weighted by atomic mass is 10.1. The van der Waals surface area contributed by atoms with Gasteiger partial charge >= 0.3 is 0 Å². The average Bonchev–Trinajstić information content (AvgIpc) is 2.54. The lowest BCUT2D eigenvalue weighted by Crippen LogP contribution is -2.25. The van der Waals surface area contributed by atoms with E-state index >= 15 is 0 Å². The molecule has 0 saturated heterocycles. The van der Waals surface area contributed by atoms with Crippen LogP contribution in [-0.4, -0.2) is 58.1 Å². The molecular weight excluding hydrogens is 270 g/mol. The highest BCUT2D eigenvalue weighted by atomic mass is 15.1. The third-order valence-corrected chi connectivity index (χ3v) is 3.01. The predicted molar refractivity (Wildman–Crippen MR) is 104 cm³/mol. The molecule has 1 rings (SSSR count). The molecule has 0 radical (unpaired) electrons. The normalized spacial score (nSPS) is 9.55. The first-order chi connectivity index (χ1) is 10.4. The molecule has 22 heavy (non-hydrogen) atoms. The second-order valence-corrected chi connectivity index (χ2v) is 5.33. The Bertz CT molecular complexity index is 376. The van der Waals surface area contributed by atoms with E-state index in [2.05, 4.69) is 75.0 Å². The molecule has 1 aromatic carbocycles. The van der Waals surface area contributed by atoms with Crippen molar-refractivity contribution in [2.45, 2.75) is 27.2 Å². The Kier molecular flexibility index (Phi) is 15.2. The summed E-state index contributed by atoms with van der Waals surface area (Å²) in [6, 6.07) is 6.33. The first-order valence-corrected chi connectivity index (χ1v) is 8.17. The molecule has 0 amide bonds. The number of likely N-dealkylation sites (N-methyl/N-ethyl adjacent to an activating group) is 2. The van der Waals surface area contributed by atoms with Crippen molar-refractivity contribution in [3.8, 4) is 0 Å². The molecule has 128 valence electrons. The zero-order valence-electron chi connectivity index (χ0n) is 16.0. The van der Waals surface area contributed by atoms with Gasteiger partial charge in [0.05, 0.1) is 0 Å². The average molecular weight is 308 g/mol. The van der Waals surface area contributed by atoms with Gasteiger partial charge in [0.2, 0.25) is 0 Å².